The van der Waals surface area contributed by atoms with Gasteiger partial charge < -0.3 is 15.1 Å². The van der Waals surface area contributed by atoms with Crippen molar-refractivity contribution in [2.24, 2.45) is 0 Å². The maximum atomic E-state index is 12.9. The average molecular weight is 474 g/mol. The number of benzene rings is 3. The molecule has 8 nitrogen and oxygen atoms in total. The number of hydrogen-bond acceptors (Lipinski definition) is 6. The second-order valence-corrected chi connectivity index (χ2v) is 8.84. The average Bonchev–Trinajstić information content (AvgIpc) is 2.90. The van der Waals surface area contributed by atoms with Crippen LogP contribution in [0.4, 0.5) is 17.1 Å². The highest BCUT2D eigenvalue weighted by Crippen LogP contribution is 2.26. The standard InChI is InChI=1S/C27H31N5O3/c1-29(2)22-14-12-21(13-15-22)26(20-28-27(33)24-10-6-7-11-25(24)32(34)35)31-18-16-30(17-19-31)23-8-4-3-5-9-23/h3-15,26H,16-20H2,1-2H3,(H,28,33)/t26-/m1/s1. The van der Waals surface area contributed by atoms with Gasteiger partial charge in [-0.15, -0.1) is 0 Å². The summed E-state index contributed by atoms with van der Waals surface area (Å²) < 4.78 is 0. The van der Waals surface area contributed by atoms with Crippen molar-refractivity contribution in [1.82, 2.24) is 10.2 Å². The second-order valence-electron chi connectivity index (χ2n) is 8.84. The lowest BCUT2D eigenvalue weighted by Crippen LogP contribution is -2.50. The Morgan fingerprint density at radius 1 is 0.943 bits per heavy atom. The normalized spacial score (nSPS) is 14.9. The zero-order valence-corrected chi connectivity index (χ0v) is 20.1. The number of nitrogens with one attached hydrogen (secondary N) is 1. The molecule has 0 bridgehead atoms. The van der Waals surface area contributed by atoms with Crippen LogP contribution in [0.1, 0.15) is 22.0 Å². The number of amides is 1. The molecule has 1 aliphatic rings. The van der Waals surface area contributed by atoms with Crippen molar-refractivity contribution in [3.63, 3.8) is 0 Å². The quantitative estimate of drug-likeness (QED) is 0.394. The molecule has 0 saturated carbocycles. The number of nitro benzene ring substituents is 1. The molecule has 3 aromatic rings. The van der Waals surface area contributed by atoms with Crippen LogP contribution in [0.2, 0.25) is 0 Å². The molecule has 0 radical (unpaired) electrons. The van der Waals surface area contributed by atoms with Gasteiger partial charge in [-0.2, -0.15) is 0 Å². The molecule has 4 rings (SSSR count). The first-order valence-electron chi connectivity index (χ1n) is 11.8. The third-order valence-corrected chi connectivity index (χ3v) is 6.47. The Hall–Kier alpha value is -3.91. The third kappa shape index (κ3) is 5.78. The first-order valence-corrected chi connectivity index (χ1v) is 11.8. The lowest BCUT2D eigenvalue weighted by atomic mass is 10.0. The van der Waals surface area contributed by atoms with Gasteiger partial charge in [-0.25, -0.2) is 0 Å². The summed E-state index contributed by atoms with van der Waals surface area (Å²) in [6, 6.07) is 24.7. The first-order chi connectivity index (χ1) is 16.9. The van der Waals surface area contributed by atoms with E-state index in [4.69, 9.17) is 0 Å². The number of hydrogen-bond donors (Lipinski definition) is 1. The summed E-state index contributed by atoms with van der Waals surface area (Å²) >= 11 is 0. The molecule has 1 atom stereocenters. The Bertz CT molecular complexity index is 1140. The molecule has 0 unspecified atom stereocenters. The number of nitro groups is 1. The van der Waals surface area contributed by atoms with E-state index in [2.05, 4.69) is 63.6 Å². The fraction of sp³-hybridized carbons (Fsp3) is 0.296. The van der Waals surface area contributed by atoms with Crippen molar-refractivity contribution in [1.29, 1.82) is 0 Å². The van der Waals surface area contributed by atoms with Gasteiger partial charge in [0.25, 0.3) is 11.6 Å². The summed E-state index contributed by atoms with van der Waals surface area (Å²) in [7, 11) is 4.00. The lowest BCUT2D eigenvalue weighted by molar-refractivity contribution is -0.385. The summed E-state index contributed by atoms with van der Waals surface area (Å²) in [5.74, 6) is -0.435. The summed E-state index contributed by atoms with van der Waals surface area (Å²) in [5.41, 5.74) is 3.31. The van der Waals surface area contributed by atoms with E-state index in [0.29, 0.717) is 6.54 Å². The largest absolute Gasteiger partial charge is 0.378 e. The topological polar surface area (TPSA) is 82.0 Å². The molecule has 0 aliphatic carbocycles. The smallest absolute Gasteiger partial charge is 0.282 e. The van der Waals surface area contributed by atoms with Crippen LogP contribution >= 0.6 is 0 Å². The van der Waals surface area contributed by atoms with Crippen LogP contribution in [0.25, 0.3) is 0 Å². The maximum Gasteiger partial charge on any atom is 0.282 e. The van der Waals surface area contributed by atoms with E-state index in [1.165, 1.54) is 17.8 Å². The SMILES string of the molecule is CN(C)c1ccc([C@@H](CNC(=O)c2ccccc2[N+](=O)[O-])N2CCN(c3ccccc3)CC2)cc1. The van der Waals surface area contributed by atoms with Crippen LogP contribution in [0.15, 0.2) is 78.9 Å². The van der Waals surface area contributed by atoms with Crippen molar-refractivity contribution in [3.05, 3.63) is 100 Å². The van der Waals surface area contributed by atoms with Gasteiger partial charge in [0.1, 0.15) is 5.56 Å². The third-order valence-electron chi connectivity index (χ3n) is 6.47. The van der Waals surface area contributed by atoms with Gasteiger partial charge in [-0.1, -0.05) is 42.5 Å². The molecule has 182 valence electrons. The van der Waals surface area contributed by atoms with Crippen LogP contribution in [-0.2, 0) is 0 Å². The van der Waals surface area contributed by atoms with Gasteiger partial charge in [0.05, 0.1) is 11.0 Å². The number of piperazine rings is 1. The number of nitrogens with zero attached hydrogens (tertiary/aromatic N) is 4. The van der Waals surface area contributed by atoms with E-state index >= 15 is 0 Å². The molecule has 0 spiro atoms. The van der Waals surface area contributed by atoms with Crippen molar-refractivity contribution in [2.45, 2.75) is 6.04 Å². The molecule has 1 heterocycles. The monoisotopic (exact) mass is 473 g/mol. The summed E-state index contributed by atoms with van der Waals surface area (Å²) in [6.07, 6.45) is 0. The van der Waals surface area contributed by atoms with Gasteiger partial charge in [0.15, 0.2) is 0 Å². The minimum Gasteiger partial charge on any atom is -0.378 e. The van der Waals surface area contributed by atoms with Crippen LogP contribution in [0.5, 0.6) is 0 Å². The van der Waals surface area contributed by atoms with Gasteiger partial charge in [-0.3, -0.25) is 19.8 Å². The summed E-state index contributed by atoms with van der Waals surface area (Å²) in [4.78, 5) is 30.6. The van der Waals surface area contributed by atoms with Gasteiger partial charge in [0, 0.05) is 64.3 Å². The number of carbonyl (C=O) groups is 1. The van der Waals surface area contributed by atoms with Crippen LogP contribution in [0, 0.1) is 10.1 Å². The lowest BCUT2D eigenvalue weighted by Gasteiger charge is -2.40. The molecular weight excluding hydrogens is 442 g/mol. The van der Waals surface area contributed by atoms with E-state index in [0.717, 1.165) is 37.4 Å². The highest BCUT2D eigenvalue weighted by Gasteiger charge is 2.27. The number of rotatable bonds is 8. The molecule has 1 aliphatic heterocycles. The number of anilines is 2. The van der Waals surface area contributed by atoms with E-state index in [1.54, 1.807) is 12.1 Å². The van der Waals surface area contributed by atoms with Crippen LogP contribution < -0.4 is 15.1 Å². The van der Waals surface area contributed by atoms with Crippen molar-refractivity contribution in [3.8, 4) is 0 Å². The van der Waals surface area contributed by atoms with E-state index in [9.17, 15) is 14.9 Å². The van der Waals surface area contributed by atoms with Crippen LogP contribution in [0.3, 0.4) is 0 Å². The molecule has 8 heteroatoms. The predicted molar refractivity (Wildman–Crippen MR) is 139 cm³/mol. The summed E-state index contributed by atoms with van der Waals surface area (Å²) in [6.45, 7) is 3.81. The zero-order valence-electron chi connectivity index (χ0n) is 20.1. The maximum absolute atomic E-state index is 12.9. The van der Waals surface area contributed by atoms with Crippen molar-refractivity contribution >= 4 is 23.0 Å². The van der Waals surface area contributed by atoms with E-state index in [-0.39, 0.29) is 17.3 Å². The fourth-order valence-electron chi connectivity index (χ4n) is 4.49. The molecule has 1 amide bonds. The van der Waals surface area contributed by atoms with Gasteiger partial charge in [-0.05, 0) is 35.9 Å². The van der Waals surface area contributed by atoms with E-state index in [1.807, 2.05) is 25.1 Å². The Morgan fingerprint density at radius 3 is 2.20 bits per heavy atom. The number of carbonyl (C=O) groups excluding carboxylic acids is 1. The highest BCUT2D eigenvalue weighted by molar-refractivity contribution is 5.98. The van der Waals surface area contributed by atoms with Crippen molar-refractivity contribution in [2.75, 3.05) is 56.6 Å². The molecule has 1 N–H and O–H groups in total. The Labute approximate surface area is 205 Å². The minimum absolute atomic E-state index is 0.0455. The fourth-order valence-corrected chi connectivity index (χ4v) is 4.49. The van der Waals surface area contributed by atoms with E-state index < -0.39 is 10.8 Å². The molecular formula is C27H31N5O3. The minimum atomic E-state index is -0.519. The first kappa shape index (κ1) is 24.2. The van der Waals surface area contributed by atoms with Gasteiger partial charge >= 0.3 is 0 Å². The summed E-state index contributed by atoms with van der Waals surface area (Å²) in [5, 5.41) is 14.3. The Balaban J connectivity index is 1.51. The Morgan fingerprint density at radius 2 is 1.57 bits per heavy atom. The predicted octanol–water partition coefficient (Wildman–Crippen LogP) is 3.95. The molecule has 1 saturated heterocycles. The molecule has 1 fully saturated rings. The van der Waals surface area contributed by atoms with Crippen molar-refractivity contribution < 1.29 is 9.72 Å². The molecule has 0 aromatic heterocycles. The zero-order chi connectivity index (χ0) is 24.8. The van der Waals surface area contributed by atoms with Crippen LogP contribution in [-0.4, -0.2) is 62.5 Å². The highest BCUT2D eigenvalue weighted by atomic mass is 16.6. The molecule has 3 aromatic carbocycles. The second kappa shape index (κ2) is 11.0. The molecule has 35 heavy (non-hydrogen) atoms. The number of para-hydroxylation sites is 2. The van der Waals surface area contributed by atoms with Gasteiger partial charge in [0.2, 0.25) is 0 Å². The Kier molecular flexibility index (Phi) is 7.62.